The van der Waals surface area contributed by atoms with Gasteiger partial charge in [0, 0.05) is 0 Å². The Kier molecular flexibility index (Phi) is 3.18. The maximum atomic E-state index is 5.40. The molecule has 0 spiro atoms. The Morgan fingerprint density at radius 1 is 1.12 bits per heavy atom. The van der Waals surface area contributed by atoms with Gasteiger partial charge >= 0.3 is 0 Å². The summed E-state index contributed by atoms with van der Waals surface area (Å²) in [4.78, 5) is 0. The van der Waals surface area contributed by atoms with Crippen molar-refractivity contribution in [1.29, 1.82) is 0 Å². The fourth-order valence-corrected chi connectivity index (χ4v) is 2.64. The Bertz CT molecular complexity index is 386. The van der Waals surface area contributed by atoms with Crippen LogP contribution in [0, 0.1) is 5.92 Å². The van der Waals surface area contributed by atoms with Gasteiger partial charge in [-0.2, -0.15) is 0 Å². The van der Waals surface area contributed by atoms with Crippen molar-refractivity contribution in [3.05, 3.63) is 23.8 Å². The number of hydrogen-bond donors (Lipinski definition) is 1. The summed E-state index contributed by atoms with van der Waals surface area (Å²) in [5, 5.41) is 3.41. The van der Waals surface area contributed by atoms with Crippen LogP contribution in [0.3, 0.4) is 0 Å². The second-order valence-electron chi connectivity index (χ2n) is 4.92. The lowest BCUT2D eigenvalue weighted by molar-refractivity contribution is 0.174. The molecule has 0 radical (unpaired) electrons. The molecular weight excluding hydrogens is 214 g/mol. The Balaban J connectivity index is 1.57. The number of aryl methyl sites for hydroxylation is 1. The molecular formula is C14H19NO2. The topological polar surface area (TPSA) is 30.5 Å². The third-order valence-corrected chi connectivity index (χ3v) is 3.74. The van der Waals surface area contributed by atoms with Crippen molar-refractivity contribution in [3.8, 4) is 11.5 Å². The number of hydrogen-bond acceptors (Lipinski definition) is 3. The van der Waals surface area contributed by atoms with Gasteiger partial charge in [-0.15, -0.1) is 0 Å². The number of piperidine rings is 1. The average molecular weight is 233 g/mol. The van der Waals surface area contributed by atoms with E-state index in [9.17, 15) is 0 Å². The summed E-state index contributed by atoms with van der Waals surface area (Å²) in [6.07, 6.45) is 5.09. The molecule has 3 nitrogen and oxygen atoms in total. The number of ether oxygens (including phenoxy) is 2. The minimum Gasteiger partial charge on any atom is -0.454 e. The summed E-state index contributed by atoms with van der Waals surface area (Å²) >= 11 is 0. The molecule has 1 aromatic carbocycles. The summed E-state index contributed by atoms with van der Waals surface area (Å²) in [5.74, 6) is 2.69. The van der Waals surface area contributed by atoms with Crippen LogP contribution >= 0.6 is 0 Å². The summed E-state index contributed by atoms with van der Waals surface area (Å²) in [6.45, 7) is 2.74. The normalized spacial score (nSPS) is 19.5. The van der Waals surface area contributed by atoms with Crippen molar-refractivity contribution in [2.24, 2.45) is 5.92 Å². The molecule has 0 bridgehead atoms. The number of fused-ring (bicyclic) bond motifs is 1. The fourth-order valence-electron chi connectivity index (χ4n) is 2.64. The number of rotatable bonds is 3. The molecule has 0 amide bonds. The van der Waals surface area contributed by atoms with Crippen LogP contribution < -0.4 is 14.8 Å². The monoisotopic (exact) mass is 233 g/mol. The van der Waals surface area contributed by atoms with Gasteiger partial charge in [-0.05, 0) is 62.4 Å². The van der Waals surface area contributed by atoms with E-state index >= 15 is 0 Å². The van der Waals surface area contributed by atoms with E-state index in [1.807, 2.05) is 6.07 Å². The largest absolute Gasteiger partial charge is 0.454 e. The smallest absolute Gasteiger partial charge is 0.231 e. The molecule has 0 atom stereocenters. The standard InChI is InChI=1S/C14H19NO2/c1(11-5-7-15-8-6-11)2-12-3-4-13-14(9-12)17-10-16-13/h3-4,9,11,15H,1-2,5-8,10H2. The van der Waals surface area contributed by atoms with Crippen LogP contribution in [0.2, 0.25) is 0 Å². The van der Waals surface area contributed by atoms with E-state index in [1.165, 1.54) is 37.9 Å². The van der Waals surface area contributed by atoms with Crippen molar-refractivity contribution in [1.82, 2.24) is 5.32 Å². The first-order valence-corrected chi connectivity index (χ1v) is 6.51. The van der Waals surface area contributed by atoms with Crippen LogP contribution in [-0.4, -0.2) is 19.9 Å². The molecule has 17 heavy (non-hydrogen) atoms. The first-order valence-electron chi connectivity index (χ1n) is 6.51. The SMILES string of the molecule is c1cc2c(cc1CCC1CCNCC1)OCO2. The van der Waals surface area contributed by atoms with Crippen LogP contribution in [0.1, 0.15) is 24.8 Å². The lowest BCUT2D eigenvalue weighted by Gasteiger charge is -2.22. The van der Waals surface area contributed by atoms with Gasteiger partial charge in [0.1, 0.15) is 0 Å². The van der Waals surface area contributed by atoms with Crippen molar-refractivity contribution < 1.29 is 9.47 Å². The van der Waals surface area contributed by atoms with Crippen LogP contribution in [-0.2, 0) is 6.42 Å². The molecule has 0 aromatic heterocycles. The summed E-state index contributed by atoms with van der Waals surface area (Å²) < 4.78 is 10.7. The van der Waals surface area contributed by atoms with Crippen molar-refractivity contribution in [2.45, 2.75) is 25.7 Å². The predicted octanol–water partition coefficient (Wildman–Crippen LogP) is 2.35. The molecule has 1 fully saturated rings. The van der Waals surface area contributed by atoms with E-state index in [4.69, 9.17) is 9.47 Å². The molecule has 2 heterocycles. The van der Waals surface area contributed by atoms with Gasteiger partial charge < -0.3 is 14.8 Å². The number of benzene rings is 1. The third kappa shape index (κ3) is 2.55. The van der Waals surface area contributed by atoms with Gasteiger partial charge in [0.05, 0.1) is 0 Å². The molecule has 0 unspecified atom stereocenters. The van der Waals surface area contributed by atoms with Gasteiger partial charge in [-0.3, -0.25) is 0 Å². The van der Waals surface area contributed by atoms with Gasteiger partial charge in [0.15, 0.2) is 11.5 Å². The zero-order valence-corrected chi connectivity index (χ0v) is 10.1. The second kappa shape index (κ2) is 4.96. The first-order chi connectivity index (χ1) is 8.42. The number of nitrogens with one attached hydrogen (secondary N) is 1. The van der Waals surface area contributed by atoms with Crippen LogP contribution in [0.25, 0.3) is 0 Å². The average Bonchev–Trinajstić information content (AvgIpc) is 2.85. The molecule has 1 N–H and O–H groups in total. The first kappa shape index (κ1) is 10.9. The highest BCUT2D eigenvalue weighted by Gasteiger charge is 2.15. The molecule has 0 aliphatic carbocycles. The van der Waals surface area contributed by atoms with E-state index < -0.39 is 0 Å². The minimum absolute atomic E-state index is 0.368. The fraction of sp³-hybridized carbons (Fsp3) is 0.571. The van der Waals surface area contributed by atoms with E-state index in [-0.39, 0.29) is 0 Å². The van der Waals surface area contributed by atoms with Gasteiger partial charge in [-0.25, -0.2) is 0 Å². The molecule has 2 aliphatic heterocycles. The molecule has 0 saturated carbocycles. The molecule has 3 heteroatoms. The Morgan fingerprint density at radius 3 is 2.82 bits per heavy atom. The summed E-state index contributed by atoms with van der Waals surface area (Å²) in [5.41, 5.74) is 1.37. The summed E-state index contributed by atoms with van der Waals surface area (Å²) in [6, 6.07) is 6.32. The van der Waals surface area contributed by atoms with Crippen molar-refractivity contribution in [3.63, 3.8) is 0 Å². The van der Waals surface area contributed by atoms with E-state index in [0.29, 0.717) is 6.79 Å². The third-order valence-electron chi connectivity index (χ3n) is 3.74. The lowest BCUT2D eigenvalue weighted by Crippen LogP contribution is -2.27. The molecule has 2 aliphatic rings. The highest BCUT2D eigenvalue weighted by atomic mass is 16.7. The molecule has 92 valence electrons. The van der Waals surface area contributed by atoms with Gasteiger partial charge in [0.25, 0.3) is 0 Å². The highest BCUT2D eigenvalue weighted by molar-refractivity contribution is 5.44. The van der Waals surface area contributed by atoms with Crippen molar-refractivity contribution in [2.75, 3.05) is 19.9 Å². The van der Waals surface area contributed by atoms with E-state index in [2.05, 4.69) is 17.4 Å². The Morgan fingerprint density at radius 2 is 1.94 bits per heavy atom. The summed E-state index contributed by atoms with van der Waals surface area (Å²) in [7, 11) is 0. The molecule has 3 rings (SSSR count). The van der Waals surface area contributed by atoms with Crippen LogP contribution in [0.15, 0.2) is 18.2 Å². The lowest BCUT2D eigenvalue weighted by atomic mass is 9.91. The Hall–Kier alpha value is -1.22. The molecule has 1 saturated heterocycles. The van der Waals surface area contributed by atoms with E-state index in [0.717, 1.165) is 23.8 Å². The predicted molar refractivity (Wildman–Crippen MR) is 66.5 cm³/mol. The minimum atomic E-state index is 0.368. The zero-order chi connectivity index (χ0) is 11.5. The van der Waals surface area contributed by atoms with Gasteiger partial charge in [0.2, 0.25) is 6.79 Å². The van der Waals surface area contributed by atoms with Crippen LogP contribution in [0.5, 0.6) is 11.5 Å². The van der Waals surface area contributed by atoms with Crippen molar-refractivity contribution >= 4 is 0 Å². The van der Waals surface area contributed by atoms with Crippen LogP contribution in [0.4, 0.5) is 0 Å². The maximum absolute atomic E-state index is 5.40. The second-order valence-corrected chi connectivity index (χ2v) is 4.92. The Labute approximate surface area is 102 Å². The zero-order valence-electron chi connectivity index (χ0n) is 10.1. The van der Waals surface area contributed by atoms with Gasteiger partial charge in [-0.1, -0.05) is 6.07 Å². The quantitative estimate of drug-likeness (QED) is 0.869. The highest BCUT2D eigenvalue weighted by Crippen LogP contribution is 2.33. The van der Waals surface area contributed by atoms with E-state index in [1.54, 1.807) is 0 Å². The molecule has 1 aromatic rings. The maximum Gasteiger partial charge on any atom is 0.231 e.